The fraction of sp³-hybridized carbons (Fsp3) is 0.520. The molecule has 0 spiro atoms. The normalized spacial score (nSPS) is 36.4. The molecule has 3 N–H and O–H groups in total. The molecule has 3 heteroatoms. The van der Waals surface area contributed by atoms with Gasteiger partial charge in [-0.25, -0.2) is 0 Å². The zero-order chi connectivity index (χ0) is 20.4. The average molecular weight is 381 g/mol. The summed E-state index contributed by atoms with van der Waals surface area (Å²) in [7, 11) is 0. The summed E-state index contributed by atoms with van der Waals surface area (Å²) < 4.78 is 0. The highest BCUT2D eigenvalue weighted by Crippen LogP contribution is 2.62. The van der Waals surface area contributed by atoms with Crippen molar-refractivity contribution in [1.29, 1.82) is 0 Å². The third-order valence-corrected chi connectivity index (χ3v) is 7.78. The van der Waals surface area contributed by atoms with Crippen LogP contribution in [0.4, 0.5) is 0 Å². The summed E-state index contributed by atoms with van der Waals surface area (Å²) in [5, 5.41) is 33.5. The smallest absolute Gasteiger partial charge is 0.118 e. The third-order valence-electron chi connectivity index (χ3n) is 7.78. The molecule has 0 bridgehead atoms. The standard InChI is InChI=1S/C25H32O3/c1-5-24-16-23(4,27)25(28,17-9-7-6-8-10-17)15-18(24)14-22(2,3)21-13-19(26)11-12-20(21)24/h6-13,18,26-28H,5,14-16H2,1-4H3/t18-,23?,24?,25?/m1/s1. The van der Waals surface area contributed by atoms with Gasteiger partial charge < -0.3 is 15.3 Å². The lowest BCUT2D eigenvalue weighted by molar-refractivity contribution is -0.207. The van der Waals surface area contributed by atoms with E-state index in [-0.39, 0.29) is 16.7 Å². The number of hydrogen-bond donors (Lipinski definition) is 3. The van der Waals surface area contributed by atoms with Crippen molar-refractivity contribution in [2.24, 2.45) is 5.92 Å². The van der Waals surface area contributed by atoms with Gasteiger partial charge in [0.15, 0.2) is 0 Å². The van der Waals surface area contributed by atoms with Crippen molar-refractivity contribution >= 4 is 0 Å². The summed E-state index contributed by atoms with van der Waals surface area (Å²) in [6.07, 6.45) is 2.84. The SMILES string of the molecule is CCC12CC(C)(O)C(O)(c3ccccc3)C[C@H]1CC(C)(C)c1cc(O)ccc12. The number of benzene rings is 2. The molecule has 1 fully saturated rings. The lowest BCUT2D eigenvalue weighted by atomic mass is 9.46. The first kappa shape index (κ1) is 19.5. The van der Waals surface area contributed by atoms with E-state index in [0.717, 1.165) is 18.4 Å². The molecule has 150 valence electrons. The van der Waals surface area contributed by atoms with Gasteiger partial charge in [0.2, 0.25) is 0 Å². The molecule has 2 aliphatic carbocycles. The van der Waals surface area contributed by atoms with E-state index in [1.165, 1.54) is 11.1 Å². The number of hydrogen-bond acceptors (Lipinski definition) is 3. The van der Waals surface area contributed by atoms with Crippen LogP contribution in [0, 0.1) is 5.92 Å². The van der Waals surface area contributed by atoms with Crippen LogP contribution >= 0.6 is 0 Å². The molecule has 3 nitrogen and oxygen atoms in total. The molecule has 2 aliphatic rings. The zero-order valence-electron chi connectivity index (χ0n) is 17.4. The van der Waals surface area contributed by atoms with Gasteiger partial charge in [0.1, 0.15) is 11.4 Å². The van der Waals surface area contributed by atoms with Crippen LogP contribution in [0.15, 0.2) is 48.5 Å². The van der Waals surface area contributed by atoms with Crippen LogP contribution in [0.2, 0.25) is 0 Å². The minimum absolute atomic E-state index is 0.0990. The summed E-state index contributed by atoms with van der Waals surface area (Å²) in [5.74, 6) is 0.537. The van der Waals surface area contributed by atoms with Gasteiger partial charge in [0, 0.05) is 5.41 Å². The van der Waals surface area contributed by atoms with Crippen LogP contribution in [0.3, 0.4) is 0 Å². The van der Waals surface area contributed by atoms with Gasteiger partial charge >= 0.3 is 0 Å². The Hall–Kier alpha value is -1.84. The molecular weight excluding hydrogens is 348 g/mol. The largest absolute Gasteiger partial charge is 0.508 e. The van der Waals surface area contributed by atoms with Crippen LogP contribution in [0.5, 0.6) is 5.75 Å². The molecule has 0 radical (unpaired) electrons. The van der Waals surface area contributed by atoms with Gasteiger partial charge in [-0.2, -0.15) is 0 Å². The molecule has 2 aromatic rings. The van der Waals surface area contributed by atoms with Crippen molar-refractivity contribution in [3.8, 4) is 5.75 Å². The quantitative estimate of drug-likeness (QED) is 0.703. The van der Waals surface area contributed by atoms with Gasteiger partial charge in [0.25, 0.3) is 0 Å². The Morgan fingerprint density at radius 1 is 0.929 bits per heavy atom. The van der Waals surface area contributed by atoms with Crippen LogP contribution < -0.4 is 0 Å². The van der Waals surface area contributed by atoms with Gasteiger partial charge in [0.05, 0.1) is 5.60 Å². The first-order valence-corrected chi connectivity index (χ1v) is 10.4. The maximum absolute atomic E-state index is 11.8. The molecule has 0 heterocycles. The third kappa shape index (κ3) is 2.56. The molecule has 4 rings (SSSR count). The topological polar surface area (TPSA) is 60.7 Å². The van der Waals surface area contributed by atoms with Gasteiger partial charge in [-0.1, -0.05) is 57.2 Å². The Bertz CT molecular complexity index is 886. The van der Waals surface area contributed by atoms with Crippen LogP contribution in [0.1, 0.15) is 70.1 Å². The number of aliphatic hydroxyl groups is 2. The van der Waals surface area contributed by atoms with Gasteiger partial charge in [-0.05, 0) is 72.8 Å². The lowest BCUT2D eigenvalue weighted by Crippen LogP contribution is -2.63. The van der Waals surface area contributed by atoms with E-state index in [1.54, 1.807) is 13.0 Å². The number of rotatable bonds is 2. The second-order valence-electron chi connectivity index (χ2n) is 9.91. The molecule has 1 saturated carbocycles. The van der Waals surface area contributed by atoms with Crippen molar-refractivity contribution < 1.29 is 15.3 Å². The molecule has 3 unspecified atom stereocenters. The van der Waals surface area contributed by atoms with Crippen molar-refractivity contribution in [3.05, 3.63) is 65.2 Å². The number of aromatic hydroxyl groups is 1. The first-order valence-electron chi connectivity index (χ1n) is 10.4. The zero-order valence-corrected chi connectivity index (χ0v) is 17.4. The molecular formula is C25H32O3. The summed E-state index contributed by atoms with van der Waals surface area (Å²) in [6, 6.07) is 15.3. The Morgan fingerprint density at radius 2 is 1.61 bits per heavy atom. The molecule has 0 saturated heterocycles. The molecule has 28 heavy (non-hydrogen) atoms. The minimum atomic E-state index is -1.28. The Labute approximate surface area is 168 Å². The maximum Gasteiger partial charge on any atom is 0.118 e. The first-order chi connectivity index (χ1) is 13.1. The van der Waals surface area contributed by atoms with Gasteiger partial charge in [-0.3, -0.25) is 0 Å². The number of phenolic OH excluding ortho intramolecular Hbond substituents is 1. The van der Waals surface area contributed by atoms with E-state index in [0.29, 0.717) is 18.6 Å². The molecule has 0 amide bonds. The number of fused-ring (bicyclic) bond motifs is 3. The summed E-state index contributed by atoms with van der Waals surface area (Å²) in [4.78, 5) is 0. The van der Waals surface area contributed by atoms with Crippen molar-refractivity contribution in [2.75, 3.05) is 0 Å². The molecule has 0 aliphatic heterocycles. The fourth-order valence-corrected chi connectivity index (χ4v) is 6.26. The Morgan fingerprint density at radius 3 is 2.25 bits per heavy atom. The van der Waals surface area contributed by atoms with E-state index in [2.05, 4.69) is 20.8 Å². The van der Waals surface area contributed by atoms with Crippen molar-refractivity contribution in [2.45, 2.75) is 75.4 Å². The molecule has 4 atom stereocenters. The van der Waals surface area contributed by atoms with Crippen LogP contribution in [-0.4, -0.2) is 20.9 Å². The second-order valence-corrected chi connectivity index (χ2v) is 9.91. The van der Waals surface area contributed by atoms with Crippen molar-refractivity contribution in [3.63, 3.8) is 0 Å². The highest BCUT2D eigenvalue weighted by Gasteiger charge is 2.62. The Balaban J connectivity index is 1.90. The fourth-order valence-electron chi connectivity index (χ4n) is 6.26. The molecule has 2 aromatic carbocycles. The highest BCUT2D eigenvalue weighted by atomic mass is 16.4. The maximum atomic E-state index is 11.8. The molecule has 0 aromatic heterocycles. The average Bonchev–Trinajstić information content (AvgIpc) is 2.64. The van der Waals surface area contributed by atoms with E-state index in [9.17, 15) is 15.3 Å². The lowest BCUT2D eigenvalue weighted by Gasteiger charge is -2.61. The van der Waals surface area contributed by atoms with Crippen molar-refractivity contribution in [1.82, 2.24) is 0 Å². The van der Waals surface area contributed by atoms with Crippen LogP contribution in [0.25, 0.3) is 0 Å². The van der Waals surface area contributed by atoms with E-state index in [4.69, 9.17) is 0 Å². The van der Waals surface area contributed by atoms with E-state index >= 15 is 0 Å². The summed E-state index contributed by atoms with van der Waals surface area (Å²) in [6.45, 7) is 8.41. The second kappa shape index (κ2) is 6.08. The summed E-state index contributed by atoms with van der Waals surface area (Å²) in [5.41, 5.74) is 0.357. The van der Waals surface area contributed by atoms with E-state index < -0.39 is 11.2 Å². The number of phenols is 1. The van der Waals surface area contributed by atoms with Crippen LogP contribution in [-0.2, 0) is 16.4 Å². The minimum Gasteiger partial charge on any atom is -0.508 e. The predicted octanol–water partition coefficient (Wildman–Crippen LogP) is 4.77. The monoisotopic (exact) mass is 380 g/mol. The highest BCUT2D eigenvalue weighted by molar-refractivity contribution is 5.48. The predicted molar refractivity (Wildman–Crippen MR) is 111 cm³/mol. The van der Waals surface area contributed by atoms with Gasteiger partial charge in [-0.15, -0.1) is 0 Å². The van der Waals surface area contributed by atoms with E-state index in [1.807, 2.05) is 42.5 Å². The summed E-state index contributed by atoms with van der Waals surface area (Å²) >= 11 is 0. The Kier molecular flexibility index (Phi) is 4.23.